The second-order valence-electron chi connectivity index (χ2n) is 6.53. The number of morpholine rings is 1. The number of aliphatic hydroxyl groups is 1. The summed E-state index contributed by atoms with van der Waals surface area (Å²) in [7, 11) is 0. The Hall–Kier alpha value is -0.810. The van der Waals surface area contributed by atoms with Gasteiger partial charge >= 0.3 is 6.03 Å². The number of aliphatic hydroxyl groups excluding tert-OH is 1. The van der Waals surface area contributed by atoms with Crippen molar-refractivity contribution in [1.29, 1.82) is 0 Å². The first-order chi connectivity index (χ1) is 10.2. The van der Waals surface area contributed by atoms with Gasteiger partial charge in [0.2, 0.25) is 0 Å². The van der Waals surface area contributed by atoms with E-state index in [0.717, 1.165) is 18.9 Å². The van der Waals surface area contributed by atoms with Crippen LogP contribution >= 0.6 is 0 Å². The number of hydrogen-bond donors (Lipinski definition) is 2. The van der Waals surface area contributed by atoms with E-state index in [2.05, 4.69) is 5.32 Å². The van der Waals surface area contributed by atoms with Crippen molar-refractivity contribution in [3.63, 3.8) is 0 Å². The maximum absolute atomic E-state index is 12.3. The van der Waals surface area contributed by atoms with Crippen molar-refractivity contribution in [2.45, 2.75) is 64.0 Å². The number of rotatable bonds is 5. The molecule has 0 spiro atoms. The predicted molar refractivity (Wildman–Crippen MR) is 82.2 cm³/mol. The average Bonchev–Trinajstić information content (AvgIpc) is 2.48. The topological polar surface area (TPSA) is 61.8 Å². The highest BCUT2D eigenvalue weighted by Gasteiger charge is 2.28. The Morgan fingerprint density at radius 1 is 1.38 bits per heavy atom. The molecule has 0 unspecified atom stereocenters. The Balaban J connectivity index is 1.72. The van der Waals surface area contributed by atoms with E-state index in [1.807, 2.05) is 4.90 Å². The Morgan fingerprint density at radius 2 is 2.14 bits per heavy atom. The monoisotopic (exact) mass is 298 g/mol. The molecule has 2 rings (SSSR count). The quantitative estimate of drug-likeness (QED) is 0.817. The van der Waals surface area contributed by atoms with Gasteiger partial charge in [0.25, 0.3) is 0 Å². The highest BCUT2D eigenvalue weighted by Crippen LogP contribution is 2.25. The summed E-state index contributed by atoms with van der Waals surface area (Å²) < 4.78 is 5.43. The fourth-order valence-corrected chi connectivity index (χ4v) is 3.47. The largest absolute Gasteiger partial charge is 0.393 e. The molecule has 5 heteroatoms. The molecule has 5 nitrogen and oxygen atoms in total. The third kappa shape index (κ3) is 5.47. The number of ether oxygens (including phenoxy) is 1. The summed E-state index contributed by atoms with van der Waals surface area (Å²) in [6.45, 7) is 4.26. The summed E-state index contributed by atoms with van der Waals surface area (Å²) in [5.74, 6) is 0.789. The van der Waals surface area contributed by atoms with Crippen LogP contribution in [0.25, 0.3) is 0 Å². The second kappa shape index (κ2) is 8.59. The molecule has 1 aliphatic heterocycles. The van der Waals surface area contributed by atoms with Crippen molar-refractivity contribution in [2.24, 2.45) is 5.92 Å². The average molecular weight is 298 g/mol. The zero-order chi connectivity index (χ0) is 15.1. The van der Waals surface area contributed by atoms with Crippen LogP contribution in [0.5, 0.6) is 0 Å². The number of carbonyl (C=O) groups excluding carboxylic acids is 1. The molecule has 2 N–H and O–H groups in total. The summed E-state index contributed by atoms with van der Waals surface area (Å²) in [5.41, 5.74) is 0. The summed E-state index contributed by atoms with van der Waals surface area (Å²) >= 11 is 0. The maximum Gasteiger partial charge on any atom is 0.317 e. The van der Waals surface area contributed by atoms with Crippen LogP contribution in [0.15, 0.2) is 0 Å². The van der Waals surface area contributed by atoms with E-state index in [0.29, 0.717) is 26.2 Å². The van der Waals surface area contributed by atoms with Gasteiger partial charge < -0.3 is 20.1 Å². The molecule has 2 fully saturated rings. The lowest BCUT2D eigenvalue weighted by Gasteiger charge is -2.36. The van der Waals surface area contributed by atoms with Crippen LogP contribution in [0.1, 0.15) is 51.9 Å². The minimum absolute atomic E-state index is 0.000223. The van der Waals surface area contributed by atoms with Crippen LogP contribution in [0.4, 0.5) is 4.79 Å². The van der Waals surface area contributed by atoms with Gasteiger partial charge in [-0.15, -0.1) is 0 Å². The van der Waals surface area contributed by atoms with Gasteiger partial charge in [-0.1, -0.05) is 32.1 Å². The van der Waals surface area contributed by atoms with Crippen LogP contribution in [0, 0.1) is 5.92 Å². The van der Waals surface area contributed by atoms with Crippen LogP contribution in [0.3, 0.4) is 0 Å². The normalized spacial score (nSPS) is 25.6. The van der Waals surface area contributed by atoms with E-state index in [9.17, 15) is 9.90 Å². The maximum atomic E-state index is 12.3. The molecular formula is C16H30N2O3. The number of nitrogens with one attached hydrogen (secondary N) is 1. The fourth-order valence-electron chi connectivity index (χ4n) is 3.47. The lowest BCUT2D eigenvalue weighted by Crippen LogP contribution is -2.53. The van der Waals surface area contributed by atoms with Gasteiger partial charge in [-0.2, -0.15) is 0 Å². The Kier molecular flexibility index (Phi) is 6.77. The van der Waals surface area contributed by atoms with Gasteiger partial charge in [-0.3, -0.25) is 0 Å². The van der Waals surface area contributed by atoms with E-state index < -0.39 is 6.10 Å². The van der Waals surface area contributed by atoms with Crippen molar-refractivity contribution in [3.8, 4) is 0 Å². The number of carbonyl (C=O) groups is 1. The van der Waals surface area contributed by atoms with Crippen molar-refractivity contribution in [3.05, 3.63) is 0 Å². The van der Waals surface area contributed by atoms with E-state index >= 15 is 0 Å². The summed E-state index contributed by atoms with van der Waals surface area (Å²) in [6, 6.07) is -0.00631. The van der Waals surface area contributed by atoms with E-state index in [1.54, 1.807) is 6.92 Å². The molecule has 1 aliphatic carbocycles. The molecular weight excluding hydrogens is 268 g/mol. The van der Waals surface area contributed by atoms with Gasteiger partial charge in [0.1, 0.15) is 0 Å². The van der Waals surface area contributed by atoms with Crippen molar-refractivity contribution in [2.75, 3.05) is 26.3 Å². The second-order valence-corrected chi connectivity index (χ2v) is 6.53. The molecule has 2 amide bonds. The van der Waals surface area contributed by atoms with E-state index in [-0.39, 0.29) is 12.1 Å². The van der Waals surface area contributed by atoms with Crippen LogP contribution in [0.2, 0.25) is 0 Å². The number of nitrogens with zero attached hydrogens (tertiary/aromatic N) is 1. The molecule has 2 aliphatic rings. The first-order valence-corrected chi connectivity index (χ1v) is 8.47. The first-order valence-electron chi connectivity index (χ1n) is 8.47. The van der Waals surface area contributed by atoms with Gasteiger partial charge in [0.05, 0.1) is 25.4 Å². The van der Waals surface area contributed by atoms with Crippen molar-refractivity contribution >= 4 is 6.03 Å². The van der Waals surface area contributed by atoms with Crippen LogP contribution in [-0.4, -0.2) is 54.5 Å². The fraction of sp³-hybridized carbons (Fsp3) is 0.938. The first kappa shape index (κ1) is 16.6. The minimum atomic E-state index is -0.408. The SMILES string of the molecule is C[C@H](O)C[C@H]1COCCN1C(=O)NCCC1CCCCC1. The van der Waals surface area contributed by atoms with Crippen LogP contribution < -0.4 is 5.32 Å². The van der Waals surface area contributed by atoms with Crippen LogP contribution in [-0.2, 0) is 4.74 Å². The third-order valence-corrected chi connectivity index (χ3v) is 4.66. The number of amides is 2. The molecule has 0 radical (unpaired) electrons. The van der Waals surface area contributed by atoms with Gasteiger partial charge in [-0.05, 0) is 25.7 Å². The van der Waals surface area contributed by atoms with Gasteiger partial charge in [0.15, 0.2) is 0 Å². The minimum Gasteiger partial charge on any atom is -0.393 e. The van der Waals surface area contributed by atoms with E-state index in [1.165, 1.54) is 32.1 Å². The molecule has 0 aromatic rings. The van der Waals surface area contributed by atoms with Gasteiger partial charge in [0, 0.05) is 13.1 Å². The Morgan fingerprint density at radius 3 is 2.86 bits per heavy atom. The standard InChI is InChI=1S/C16H30N2O3/c1-13(19)11-15-12-21-10-9-18(15)16(20)17-8-7-14-5-3-2-4-6-14/h13-15,19H,2-12H2,1H3,(H,17,20)/t13-,15-/m0/s1. The lowest BCUT2D eigenvalue weighted by molar-refractivity contribution is -0.00434. The summed E-state index contributed by atoms with van der Waals surface area (Å²) in [4.78, 5) is 14.1. The number of hydrogen-bond acceptors (Lipinski definition) is 3. The highest BCUT2D eigenvalue weighted by atomic mass is 16.5. The smallest absolute Gasteiger partial charge is 0.317 e. The molecule has 1 saturated heterocycles. The van der Waals surface area contributed by atoms with E-state index in [4.69, 9.17) is 4.74 Å². The summed E-state index contributed by atoms with van der Waals surface area (Å²) in [6.07, 6.45) is 7.96. The Bertz CT molecular complexity index is 317. The zero-order valence-electron chi connectivity index (χ0n) is 13.2. The number of urea groups is 1. The highest BCUT2D eigenvalue weighted by molar-refractivity contribution is 5.74. The molecule has 1 saturated carbocycles. The van der Waals surface area contributed by atoms with Crippen molar-refractivity contribution in [1.82, 2.24) is 10.2 Å². The molecule has 0 aromatic heterocycles. The zero-order valence-corrected chi connectivity index (χ0v) is 13.2. The van der Waals surface area contributed by atoms with Crippen molar-refractivity contribution < 1.29 is 14.6 Å². The summed E-state index contributed by atoms with van der Waals surface area (Å²) in [5, 5.41) is 12.6. The third-order valence-electron chi connectivity index (χ3n) is 4.66. The Labute approximate surface area is 128 Å². The molecule has 1 heterocycles. The molecule has 2 atom stereocenters. The molecule has 122 valence electrons. The van der Waals surface area contributed by atoms with Gasteiger partial charge in [-0.25, -0.2) is 4.79 Å². The molecule has 0 aromatic carbocycles. The predicted octanol–water partition coefficient (Wildman–Crippen LogP) is 2.14. The molecule has 21 heavy (non-hydrogen) atoms. The lowest BCUT2D eigenvalue weighted by atomic mass is 9.87. The molecule has 0 bridgehead atoms.